The Morgan fingerprint density at radius 3 is 2.67 bits per heavy atom. The van der Waals surface area contributed by atoms with Gasteiger partial charge in [0.1, 0.15) is 12.4 Å². The third-order valence-electron chi connectivity index (χ3n) is 2.16. The van der Waals surface area contributed by atoms with Gasteiger partial charge in [-0.25, -0.2) is 5.84 Å². The molecule has 0 aromatic heterocycles. The molecule has 0 aliphatic rings. The van der Waals surface area contributed by atoms with E-state index in [2.05, 4.69) is 29.6 Å². The maximum atomic E-state index is 5.54. The molecule has 1 aromatic rings. The Morgan fingerprint density at radius 2 is 2.06 bits per heavy atom. The van der Waals surface area contributed by atoms with E-state index < -0.39 is 0 Å². The molecule has 0 bridgehead atoms. The van der Waals surface area contributed by atoms with Crippen molar-refractivity contribution in [3.8, 4) is 5.75 Å². The van der Waals surface area contributed by atoms with Crippen molar-refractivity contribution in [2.45, 2.75) is 13.8 Å². The highest BCUT2D eigenvalue weighted by Crippen LogP contribution is 2.07. The molecule has 0 atom stereocenters. The largest absolute Gasteiger partial charge is 0.492 e. The number of hydrazine groups is 1. The van der Waals surface area contributed by atoms with Crippen LogP contribution in [0.1, 0.15) is 13.8 Å². The third-order valence-corrected chi connectivity index (χ3v) is 2.16. The van der Waals surface area contributed by atoms with E-state index in [9.17, 15) is 0 Å². The van der Waals surface area contributed by atoms with Crippen LogP contribution < -0.4 is 21.3 Å². The quantitative estimate of drug-likeness (QED) is 0.233. The first-order chi connectivity index (χ1) is 8.72. The lowest BCUT2D eigenvalue weighted by Gasteiger charge is -2.11. The van der Waals surface area contributed by atoms with Crippen molar-refractivity contribution in [2.24, 2.45) is 16.8 Å². The minimum atomic E-state index is 0.510. The zero-order valence-corrected chi connectivity index (χ0v) is 11.0. The van der Waals surface area contributed by atoms with Gasteiger partial charge in [-0.1, -0.05) is 32.0 Å². The minimum Gasteiger partial charge on any atom is -0.492 e. The van der Waals surface area contributed by atoms with Crippen LogP contribution in [0, 0.1) is 5.92 Å². The van der Waals surface area contributed by atoms with Gasteiger partial charge in [-0.05, 0) is 18.1 Å². The first-order valence-electron chi connectivity index (χ1n) is 6.15. The summed E-state index contributed by atoms with van der Waals surface area (Å²) in [4.78, 5) is 4.30. The zero-order valence-electron chi connectivity index (χ0n) is 11.0. The van der Waals surface area contributed by atoms with E-state index in [-0.39, 0.29) is 0 Å². The standard InChI is InChI=1S/C13H22N4O/c1-11(2)10-16-13(17-14)15-8-9-18-12-6-4-3-5-7-12/h3-7,11H,8-10,14H2,1-2H3,(H2,15,16,17). The van der Waals surface area contributed by atoms with E-state index >= 15 is 0 Å². The van der Waals surface area contributed by atoms with Gasteiger partial charge in [0.2, 0.25) is 5.96 Å². The summed E-state index contributed by atoms with van der Waals surface area (Å²) in [7, 11) is 0. The fourth-order valence-electron chi connectivity index (χ4n) is 1.28. The molecule has 0 radical (unpaired) electrons. The van der Waals surface area contributed by atoms with E-state index in [0.717, 1.165) is 12.3 Å². The van der Waals surface area contributed by atoms with Crippen molar-refractivity contribution in [3.05, 3.63) is 30.3 Å². The Bertz CT molecular complexity index is 351. The number of aliphatic imine (C=N–C) groups is 1. The molecule has 100 valence electrons. The van der Waals surface area contributed by atoms with Gasteiger partial charge >= 0.3 is 0 Å². The maximum Gasteiger partial charge on any atom is 0.205 e. The Hall–Kier alpha value is -1.75. The number of nitrogens with zero attached hydrogens (tertiary/aromatic N) is 1. The first kappa shape index (κ1) is 14.3. The molecule has 5 heteroatoms. The van der Waals surface area contributed by atoms with E-state index in [1.54, 1.807) is 0 Å². The van der Waals surface area contributed by atoms with Crippen LogP contribution in [0.3, 0.4) is 0 Å². The smallest absolute Gasteiger partial charge is 0.205 e. The lowest BCUT2D eigenvalue weighted by atomic mass is 10.2. The molecule has 0 unspecified atom stereocenters. The molecule has 18 heavy (non-hydrogen) atoms. The number of para-hydroxylation sites is 1. The number of hydrogen-bond donors (Lipinski definition) is 3. The Balaban J connectivity index is 2.21. The molecule has 0 fully saturated rings. The zero-order chi connectivity index (χ0) is 13.2. The topological polar surface area (TPSA) is 71.7 Å². The summed E-state index contributed by atoms with van der Waals surface area (Å²) in [5.41, 5.74) is 2.54. The predicted octanol–water partition coefficient (Wildman–Crippen LogP) is 1.13. The molecule has 0 aliphatic carbocycles. The lowest BCUT2D eigenvalue weighted by Crippen LogP contribution is -2.43. The normalized spacial score (nSPS) is 11.4. The summed E-state index contributed by atoms with van der Waals surface area (Å²) >= 11 is 0. The van der Waals surface area contributed by atoms with E-state index in [1.165, 1.54) is 0 Å². The third kappa shape index (κ3) is 6.10. The second-order valence-electron chi connectivity index (χ2n) is 4.32. The molecule has 4 N–H and O–H groups in total. The van der Waals surface area contributed by atoms with E-state index in [1.807, 2.05) is 30.3 Å². The maximum absolute atomic E-state index is 5.54. The van der Waals surface area contributed by atoms with E-state index in [0.29, 0.717) is 25.0 Å². The van der Waals surface area contributed by atoms with Gasteiger partial charge in [-0.15, -0.1) is 0 Å². The Labute approximate surface area is 108 Å². The van der Waals surface area contributed by atoms with Gasteiger partial charge in [-0.2, -0.15) is 0 Å². The molecular formula is C13H22N4O. The summed E-state index contributed by atoms with van der Waals surface area (Å²) in [5, 5.41) is 3.08. The fraction of sp³-hybridized carbons (Fsp3) is 0.462. The van der Waals surface area contributed by atoms with Gasteiger partial charge in [0.25, 0.3) is 0 Å². The van der Waals surface area contributed by atoms with Gasteiger partial charge in [-0.3, -0.25) is 10.4 Å². The predicted molar refractivity (Wildman–Crippen MR) is 74.4 cm³/mol. The van der Waals surface area contributed by atoms with Gasteiger partial charge in [0, 0.05) is 6.54 Å². The van der Waals surface area contributed by atoms with Crippen molar-refractivity contribution in [1.29, 1.82) is 0 Å². The summed E-state index contributed by atoms with van der Waals surface area (Å²) in [6, 6.07) is 9.70. The molecule has 0 aliphatic heterocycles. The molecule has 0 saturated carbocycles. The number of benzene rings is 1. The number of rotatable bonds is 6. The average molecular weight is 250 g/mol. The number of guanidine groups is 1. The van der Waals surface area contributed by atoms with Crippen LogP contribution in [0.2, 0.25) is 0 Å². The summed E-state index contributed by atoms with van der Waals surface area (Å²) in [6.07, 6.45) is 0. The number of ether oxygens (including phenoxy) is 1. The van der Waals surface area contributed by atoms with E-state index in [4.69, 9.17) is 10.6 Å². The van der Waals surface area contributed by atoms with Crippen LogP contribution in [0.5, 0.6) is 5.75 Å². The lowest BCUT2D eigenvalue weighted by molar-refractivity contribution is 0.322. The summed E-state index contributed by atoms with van der Waals surface area (Å²) in [6.45, 7) is 6.17. The number of nitrogens with one attached hydrogen (secondary N) is 2. The SMILES string of the molecule is CC(C)CN=C(NN)NCCOc1ccccc1. The van der Waals surface area contributed by atoms with Crippen molar-refractivity contribution in [1.82, 2.24) is 10.7 Å². The molecule has 1 rings (SSSR count). The molecule has 0 spiro atoms. The van der Waals surface area contributed by atoms with Crippen LogP contribution in [0.4, 0.5) is 0 Å². The molecule has 0 amide bonds. The summed E-state index contributed by atoms with van der Waals surface area (Å²) < 4.78 is 5.54. The molecule has 0 heterocycles. The van der Waals surface area contributed by atoms with Gasteiger partial charge in [0.15, 0.2) is 0 Å². The monoisotopic (exact) mass is 250 g/mol. The molecule has 1 aromatic carbocycles. The Kier molecular flexibility index (Phi) is 6.64. The van der Waals surface area contributed by atoms with Crippen LogP contribution in [-0.2, 0) is 0 Å². The van der Waals surface area contributed by atoms with Crippen LogP contribution in [0.15, 0.2) is 35.3 Å². The second kappa shape index (κ2) is 8.36. The van der Waals surface area contributed by atoms with Gasteiger partial charge < -0.3 is 10.1 Å². The highest BCUT2D eigenvalue weighted by molar-refractivity contribution is 5.79. The number of hydrogen-bond acceptors (Lipinski definition) is 3. The highest BCUT2D eigenvalue weighted by Gasteiger charge is 1.97. The van der Waals surface area contributed by atoms with Crippen LogP contribution in [0.25, 0.3) is 0 Å². The second-order valence-corrected chi connectivity index (χ2v) is 4.32. The van der Waals surface area contributed by atoms with Crippen molar-refractivity contribution in [3.63, 3.8) is 0 Å². The fourth-order valence-corrected chi connectivity index (χ4v) is 1.28. The molecular weight excluding hydrogens is 228 g/mol. The highest BCUT2D eigenvalue weighted by atomic mass is 16.5. The van der Waals surface area contributed by atoms with Crippen LogP contribution >= 0.6 is 0 Å². The van der Waals surface area contributed by atoms with Crippen molar-refractivity contribution >= 4 is 5.96 Å². The van der Waals surface area contributed by atoms with Crippen molar-refractivity contribution in [2.75, 3.05) is 19.7 Å². The Morgan fingerprint density at radius 1 is 1.33 bits per heavy atom. The average Bonchev–Trinajstić information content (AvgIpc) is 2.39. The summed E-state index contributed by atoms with van der Waals surface area (Å²) in [5.74, 6) is 7.34. The first-order valence-corrected chi connectivity index (χ1v) is 6.15. The minimum absolute atomic E-state index is 0.510. The van der Waals surface area contributed by atoms with Crippen molar-refractivity contribution < 1.29 is 4.74 Å². The molecule has 0 saturated heterocycles. The molecule has 5 nitrogen and oxygen atoms in total. The van der Waals surface area contributed by atoms with Gasteiger partial charge in [0.05, 0.1) is 6.54 Å². The number of nitrogens with two attached hydrogens (primary N) is 1. The van der Waals surface area contributed by atoms with Crippen LogP contribution in [-0.4, -0.2) is 25.7 Å².